The Morgan fingerprint density at radius 1 is 1.52 bits per heavy atom. The van der Waals surface area contributed by atoms with Crippen LogP contribution >= 0.6 is 0 Å². The molecule has 118 valence electrons. The van der Waals surface area contributed by atoms with Crippen molar-refractivity contribution >= 4 is 16.0 Å². The summed E-state index contributed by atoms with van der Waals surface area (Å²) in [5.74, 6) is -6.21. The van der Waals surface area contributed by atoms with E-state index in [9.17, 15) is 22.0 Å². The maximum absolute atomic E-state index is 13.7. The zero-order valence-electron chi connectivity index (χ0n) is 11.5. The summed E-state index contributed by atoms with van der Waals surface area (Å²) >= 11 is 0. The fourth-order valence-electron chi connectivity index (χ4n) is 2.23. The summed E-state index contributed by atoms with van der Waals surface area (Å²) in [5, 5.41) is 3.63. The Morgan fingerprint density at radius 2 is 2.19 bits per heavy atom. The van der Waals surface area contributed by atoms with Gasteiger partial charge in [0.05, 0.1) is 13.3 Å². The minimum absolute atomic E-state index is 0.115. The van der Waals surface area contributed by atoms with Gasteiger partial charge >= 0.3 is 5.97 Å². The molecule has 1 fully saturated rings. The maximum Gasteiger partial charge on any atom is 0.316 e. The highest BCUT2D eigenvalue weighted by atomic mass is 32.2. The highest BCUT2D eigenvalue weighted by Gasteiger charge is 2.51. The molecule has 1 atom stereocenters. The Bertz CT molecular complexity index is 644. The average Bonchev–Trinajstić information content (AvgIpc) is 2.84. The minimum atomic E-state index is -3.98. The number of aromatic nitrogens is 2. The number of piperidine rings is 1. The molecule has 0 spiro atoms. The Hall–Kier alpha value is -1.55. The first-order chi connectivity index (χ1) is 9.70. The number of nitrogens with zero attached hydrogens (tertiary/aromatic N) is 3. The van der Waals surface area contributed by atoms with E-state index in [1.54, 1.807) is 0 Å². The summed E-state index contributed by atoms with van der Waals surface area (Å²) in [6, 6.07) is 1.27. The number of ether oxygens (including phenoxy) is 1. The number of methoxy groups -OCH3 is 1. The van der Waals surface area contributed by atoms with Crippen LogP contribution in [0.1, 0.15) is 6.42 Å². The number of carbonyl (C=O) groups is 1. The smallest absolute Gasteiger partial charge is 0.316 e. The van der Waals surface area contributed by atoms with E-state index in [1.807, 2.05) is 0 Å². The number of carbonyl (C=O) groups excluding carboxylic acids is 1. The standard InChI is InChI=1S/C11H15F2N3O4S/c1-15-9(3-5-14-15)21(18,19)16-6-4-11(12,13)8(7-16)10(17)20-2/h3,5,8H,4,6-7H2,1-2H3. The minimum Gasteiger partial charge on any atom is -0.469 e. The Labute approximate surface area is 120 Å². The van der Waals surface area contributed by atoms with Crippen LogP contribution in [0.25, 0.3) is 0 Å². The zero-order valence-corrected chi connectivity index (χ0v) is 12.3. The van der Waals surface area contributed by atoms with Crippen LogP contribution < -0.4 is 0 Å². The van der Waals surface area contributed by atoms with E-state index in [0.29, 0.717) is 0 Å². The SMILES string of the molecule is COC(=O)C1CN(S(=O)(=O)c2ccnn2C)CCC1(F)F. The average molecular weight is 323 g/mol. The second-order valence-corrected chi connectivity index (χ2v) is 6.63. The molecular formula is C11H15F2N3O4S. The van der Waals surface area contributed by atoms with Gasteiger partial charge in [-0.1, -0.05) is 0 Å². The number of alkyl halides is 2. The molecule has 0 bridgehead atoms. The first kappa shape index (κ1) is 15.8. The van der Waals surface area contributed by atoms with Crippen LogP contribution in [0.5, 0.6) is 0 Å². The van der Waals surface area contributed by atoms with E-state index < -0.39 is 40.8 Å². The number of aryl methyl sites for hydroxylation is 1. The van der Waals surface area contributed by atoms with Crippen molar-refractivity contribution in [3.63, 3.8) is 0 Å². The molecule has 0 amide bonds. The first-order valence-corrected chi connectivity index (χ1v) is 7.58. The second-order valence-electron chi connectivity index (χ2n) is 4.74. The van der Waals surface area contributed by atoms with Crippen molar-refractivity contribution in [1.82, 2.24) is 14.1 Å². The predicted molar refractivity (Wildman–Crippen MR) is 67.0 cm³/mol. The molecule has 1 aromatic rings. The Balaban J connectivity index is 2.31. The summed E-state index contributed by atoms with van der Waals surface area (Å²) in [5.41, 5.74) is 0. The summed E-state index contributed by atoms with van der Waals surface area (Å²) in [7, 11) is -1.55. The van der Waals surface area contributed by atoms with Crippen LogP contribution in [-0.4, -0.2) is 54.6 Å². The molecule has 0 aliphatic carbocycles. The molecule has 1 saturated heterocycles. The van der Waals surface area contributed by atoms with Crippen molar-refractivity contribution in [2.75, 3.05) is 20.2 Å². The van der Waals surface area contributed by atoms with Gasteiger partial charge in [0.15, 0.2) is 5.03 Å². The lowest BCUT2D eigenvalue weighted by Gasteiger charge is -2.35. The van der Waals surface area contributed by atoms with Gasteiger partial charge in [-0.05, 0) is 6.07 Å². The highest BCUT2D eigenvalue weighted by molar-refractivity contribution is 7.89. The van der Waals surface area contributed by atoms with Gasteiger partial charge < -0.3 is 4.74 Å². The molecule has 0 radical (unpaired) electrons. The highest BCUT2D eigenvalue weighted by Crippen LogP contribution is 2.36. The molecule has 21 heavy (non-hydrogen) atoms. The summed E-state index contributed by atoms with van der Waals surface area (Å²) in [6.45, 7) is -0.985. The Morgan fingerprint density at radius 3 is 2.71 bits per heavy atom. The zero-order chi connectivity index (χ0) is 15.8. The monoisotopic (exact) mass is 323 g/mol. The third kappa shape index (κ3) is 2.77. The molecule has 0 saturated carbocycles. The fraction of sp³-hybridized carbons (Fsp3) is 0.636. The lowest BCUT2D eigenvalue weighted by Crippen LogP contribution is -2.52. The van der Waals surface area contributed by atoms with Gasteiger partial charge in [-0.2, -0.15) is 9.40 Å². The topological polar surface area (TPSA) is 81.5 Å². The third-order valence-corrected chi connectivity index (χ3v) is 5.40. The van der Waals surface area contributed by atoms with E-state index >= 15 is 0 Å². The number of esters is 1. The van der Waals surface area contributed by atoms with E-state index in [0.717, 1.165) is 16.1 Å². The molecule has 7 nitrogen and oxygen atoms in total. The number of hydrogen-bond donors (Lipinski definition) is 0. The molecule has 1 unspecified atom stereocenters. The number of rotatable bonds is 3. The third-order valence-electron chi connectivity index (χ3n) is 3.46. The fourth-order valence-corrected chi connectivity index (χ4v) is 3.79. The molecule has 0 aromatic carbocycles. The van der Waals surface area contributed by atoms with Crippen LogP contribution in [-0.2, 0) is 26.6 Å². The molecule has 2 heterocycles. The van der Waals surface area contributed by atoms with Gasteiger partial charge in [-0.25, -0.2) is 17.2 Å². The van der Waals surface area contributed by atoms with Crippen molar-refractivity contribution in [1.29, 1.82) is 0 Å². The maximum atomic E-state index is 13.7. The van der Waals surface area contributed by atoms with Crippen molar-refractivity contribution in [2.24, 2.45) is 13.0 Å². The van der Waals surface area contributed by atoms with Crippen LogP contribution in [0.15, 0.2) is 17.3 Å². The van der Waals surface area contributed by atoms with Gasteiger partial charge in [0, 0.05) is 26.6 Å². The van der Waals surface area contributed by atoms with Crippen molar-refractivity contribution in [3.8, 4) is 0 Å². The largest absolute Gasteiger partial charge is 0.469 e. The van der Waals surface area contributed by atoms with Gasteiger partial charge in [0.2, 0.25) is 0 Å². The summed E-state index contributed by atoms with van der Waals surface area (Å²) in [4.78, 5) is 11.5. The van der Waals surface area contributed by atoms with E-state index in [1.165, 1.54) is 19.3 Å². The van der Waals surface area contributed by atoms with Crippen LogP contribution in [0, 0.1) is 5.92 Å². The molecule has 0 N–H and O–H groups in total. The molecule has 2 rings (SSSR count). The molecule has 10 heteroatoms. The van der Waals surface area contributed by atoms with Crippen molar-refractivity contribution in [3.05, 3.63) is 12.3 Å². The predicted octanol–water partition coefficient (Wildman–Crippen LogP) is 0.239. The lowest BCUT2D eigenvalue weighted by molar-refractivity contribution is -0.166. The number of sulfonamides is 1. The van der Waals surface area contributed by atoms with Gasteiger partial charge in [0.25, 0.3) is 15.9 Å². The van der Waals surface area contributed by atoms with Crippen molar-refractivity contribution < 1.29 is 26.7 Å². The quantitative estimate of drug-likeness (QED) is 0.744. The van der Waals surface area contributed by atoms with Crippen LogP contribution in [0.2, 0.25) is 0 Å². The molecule has 1 aliphatic rings. The van der Waals surface area contributed by atoms with Gasteiger partial charge in [0.1, 0.15) is 5.92 Å². The Kier molecular flexibility index (Phi) is 4.02. The van der Waals surface area contributed by atoms with Crippen molar-refractivity contribution in [2.45, 2.75) is 17.4 Å². The van der Waals surface area contributed by atoms with Crippen LogP contribution in [0.3, 0.4) is 0 Å². The molecule has 1 aliphatic heterocycles. The molecule has 1 aromatic heterocycles. The number of hydrogen-bond acceptors (Lipinski definition) is 5. The number of halogens is 2. The molecular weight excluding hydrogens is 308 g/mol. The normalized spacial score (nSPS) is 23.0. The van der Waals surface area contributed by atoms with E-state index in [2.05, 4.69) is 9.84 Å². The second kappa shape index (κ2) is 5.34. The van der Waals surface area contributed by atoms with Gasteiger partial charge in [-0.3, -0.25) is 9.48 Å². The van der Waals surface area contributed by atoms with E-state index in [4.69, 9.17) is 0 Å². The first-order valence-electron chi connectivity index (χ1n) is 6.14. The lowest BCUT2D eigenvalue weighted by atomic mass is 9.95. The summed E-state index contributed by atoms with van der Waals surface area (Å²) in [6.07, 6.45) is 0.563. The summed E-state index contributed by atoms with van der Waals surface area (Å²) < 4.78 is 58.6. The van der Waals surface area contributed by atoms with Gasteiger partial charge in [-0.15, -0.1) is 0 Å². The van der Waals surface area contributed by atoms with E-state index in [-0.39, 0.29) is 11.6 Å². The van der Waals surface area contributed by atoms with Crippen LogP contribution in [0.4, 0.5) is 8.78 Å².